The highest BCUT2D eigenvalue weighted by atomic mass is 32.1. The maximum Gasteiger partial charge on any atom is 0.409 e. The van der Waals surface area contributed by atoms with Gasteiger partial charge in [0.05, 0.1) is 18.5 Å². The molecule has 2 aromatic rings. The number of hydrogen-bond acceptors (Lipinski definition) is 5. The van der Waals surface area contributed by atoms with Gasteiger partial charge < -0.3 is 9.84 Å². The molecule has 0 aromatic carbocycles. The van der Waals surface area contributed by atoms with Crippen molar-refractivity contribution in [2.45, 2.75) is 38.0 Å². The summed E-state index contributed by atoms with van der Waals surface area (Å²) in [4.78, 5) is 26.1. The van der Waals surface area contributed by atoms with Gasteiger partial charge >= 0.3 is 11.9 Å². The van der Waals surface area contributed by atoms with Crippen molar-refractivity contribution in [2.75, 3.05) is 13.7 Å². The molecule has 0 spiro atoms. The Hall–Kier alpha value is -1.52. The zero-order valence-electron chi connectivity index (χ0n) is 15.1. The molecule has 0 saturated carbocycles. The molecule has 1 atom stereocenters. The third kappa shape index (κ3) is 3.49. The predicted octanol–water partition coefficient (Wildman–Crippen LogP) is -0.328. The van der Waals surface area contributed by atoms with Crippen molar-refractivity contribution >= 4 is 37.2 Å². The van der Waals surface area contributed by atoms with Crippen molar-refractivity contribution in [3.8, 4) is 0 Å². The first-order valence-electron chi connectivity index (χ1n) is 7.89. The molecule has 0 bridgehead atoms. The molecule has 0 aliphatic rings. The number of thiophene rings is 1. The van der Waals surface area contributed by atoms with Crippen molar-refractivity contribution in [2.24, 2.45) is 0 Å². The fourth-order valence-corrected chi connectivity index (χ4v) is 4.14. The number of hydrogen-bond donors (Lipinski definition) is 1. The quantitative estimate of drug-likeness (QED) is 0.711. The van der Waals surface area contributed by atoms with Gasteiger partial charge in [0.15, 0.2) is 0 Å². The van der Waals surface area contributed by atoms with E-state index in [0.717, 1.165) is 22.8 Å². The molecule has 0 unspecified atom stereocenters. The van der Waals surface area contributed by atoms with Crippen molar-refractivity contribution < 1.29 is 23.0 Å². The minimum absolute atomic E-state index is 0.0120. The lowest BCUT2D eigenvalue weighted by atomic mass is 9.64. The smallest absolute Gasteiger partial charge is 0.402 e. The second-order valence-corrected chi connectivity index (χ2v) is 7.61. The van der Waals surface area contributed by atoms with E-state index in [1.165, 1.54) is 22.8 Å². The second kappa shape index (κ2) is 6.90. The Balaban J connectivity index is 2.98. The summed E-state index contributed by atoms with van der Waals surface area (Å²) in [7, 11) is 4.43. The standard InChI is InChI=1S/C14H19B2F3N2O4S/c1-6-8-10(22)21(7(2)14(17,18)19)12(23)20(4-5-25-3)11(8)26-9(6)13(15,16)24/h7,24H,4-5,15-16H2,1-3H3/t7-/m1/s1. The molecule has 0 radical (unpaired) electrons. The molecular formula is C14H19B2F3N2O4S. The zero-order valence-corrected chi connectivity index (χ0v) is 15.9. The number of alkyl halides is 3. The van der Waals surface area contributed by atoms with E-state index in [0.29, 0.717) is 10.4 Å². The number of rotatable bonds is 5. The van der Waals surface area contributed by atoms with E-state index in [4.69, 9.17) is 4.74 Å². The van der Waals surface area contributed by atoms with Gasteiger partial charge in [-0.1, -0.05) is 0 Å². The van der Waals surface area contributed by atoms with Gasteiger partial charge in [-0.25, -0.2) is 9.36 Å². The Morgan fingerprint density at radius 1 is 1.31 bits per heavy atom. The van der Waals surface area contributed by atoms with Gasteiger partial charge in [0.25, 0.3) is 5.56 Å². The summed E-state index contributed by atoms with van der Waals surface area (Å²) in [6, 6.07) is -2.27. The number of nitrogens with zero attached hydrogens (tertiary/aromatic N) is 2. The summed E-state index contributed by atoms with van der Waals surface area (Å²) in [5, 5.41) is 9.03. The maximum atomic E-state index is 13.2. The highest BCUT2D eigenvalue weighted by Crippen LogP contribution is 2.34. The van der Waals surface area contributed by atoms with Crippen LogP contribution in [0.25, 0.3) is 10.2 Å². The molecule has 26 heavy (non-hydrogen) atoms. The van der Waals surface area contributed by atoms with E-state index in [9.17, 15) is 27.9 Å². The van der Waals surface area contributed by atoms with Gasteiger partial charge in [-0.15, -0.1) is 11.3 Å². The van der Waals surface area contributed by atoms with Crippen molar-refractivity contribution in [3.63, 3.8) is 0 Å². The molecule has 142 valence electrons. The fraction of sp³-hybridized carbons (Fsp3) is 0.571. The third-order valence-corrected chi connectivity index (χ3v) is 5.81. The molecule has 0 fully saturated rings. The second-order valence-electron chi connectivity index (χ2n) is 6.62. The van der Waals surface area contributed by atoms with Crippen molar-refractivity contribution in [3.05, 3.63) is 31.3 Å². The molecule has 0 amide bonds. The number of halogens is 3. The van der Waals surface area contributed by atoms with E-state index in [1.807, 2.05) is 0 Å². The van der Waals surface area contributed by atoms with Gasteiger partial charge in [0.2, 0.25) is 0 Å². The predicted molar refractivity (Wildman–Crippen MR) is 98.7 cm³/mol. The molecule has 2 heterocycles. The zero-order chi connectivity index (χ0) is 20.0. The number of aryl methyl sites for hydroxylation is 1. The Kier molecular flexibility index (Phi) is 5.51. The lowest BCUT2D eigenvalue weighted by molar-refractivity contribution is -0.164. The number of aliphatic hydroxyl groups is 1. The van der Waals surface area contributed by atoms with Crippen LogP contribution >= 0.6 is 11.3 Å². The average Bonchev–Trinajstić information content (AvgIpc) is 2.84. The molecule has 0 aliphatic heterocycles. The van der Waals surface area contributed by atoms with Crippen LogP contribution in [-0.2, 0) is 16.7 Å². The van der Waals surface area contributed by atoms with Gasteiger partial charge in [0.1, 0.15) is 26.6 Å². The molecule has 0 aliphatic carbocycles. The molecular weight excluding hydrogens is 371 g/mol. The summed E-state index contributed by atoms with van der Waals surface area (Å²) in [5.74, 6) is 0. The maximum absolute atomic E-state index is 13.2. The monoisotopic (exact) mass is 390 g/mol. The van der Waals surface area contributed by atoms with Gasteiger partial charge in [-0.05, 0) is 19.4 Å². The van der Waals surface area contributed by atoms with Gasteiger partial charge in [-0.3, -0.25) is 9.36 Å². The minimum Gasteiger partial charge on any atom is -0.402 e. The molecule has 6 nitrogen and oxygen atoms in total. The summed E-state index contributed by atoms with van der Waals surface area (Å²) in [6.07, 6.45) is -4.75. The molecule has 0 saturated heterocycles. The molecule has 2 rings (SSSR count). The topological polar surface area (TPSA) is 73.5 Å². The van der Waals surface area contributed by atoms with Crippen LogP contribution in [0, 0.1) is 6.92 Å². The molecule has 1 N–H and O–H groups in total. The van der Waals surface area contributed by atoms with Crippen molar-refractivity contribution in [1.29, 1.82) is 0 Å². The van der Waals surface area contributed by atoms with Crippen molar-refractivity contribution in [1.82, 2.24) is 9.13 Å². The van der Waals surface area contributed by atoms with Crippen LogP contribution < -0.4 is 11.2 Å². The summed E-state index contributed by atoms with van der Waals surface area (Å²) < 4.78 is 45.9. The first-order valence-corrected chi connectivity index (χ1v) is 8.71. The Morgan fingerprint density at radius 3 is 2.35 bits per heavy atom. The number of fused-ring (bicyclic) bond motifs is 1. The van der Waals surface area contributed by atoms with E-state index in [1.54, 1.807) is 6.92 Å². The summed E-state index contributed by atoms with van der Waals surface area (Å²) >= 11 is 1.03. The largest absolute Gasteiger partial charge is 0.409 e. The van der Waals surface area contributed by atoms with E-state index >= 15 is 0 Å². The molecule has 2 aromatic heterocycles. The highest BCUT2D eigenvalue weighted by molar-refractivity contribution is 7.19. The first-order chi connectivity index (χ1) is 11.8. The Morgan fingerprint density at radius 2 is 1.88 bits per heavy atom. The van der Waals surface area contributed by atoms with Crippen LogP contribution in [-0.4, -0.2) is 49.8 Å². The molecule has 12 heteroatoms. The van der Waals surface area contributed by atoms with Crippen LogP contribution in [0.3, 0.4) is 0 Å². The van der Waals surface area contributed by atoms with Gasteiger partial charge in [0, 0.05) is 17.4 Å². The fourth-order valence-electron chi connectivity index (χ4n) is 2.82. The number of aromatic nitrogens is 2. The SMILES string of the molecule is BC(B)(O)c1sc2c(c1C)c(=O)n([C@H](C)C(F)(F)F)c(=O)n2CCOC. The first kappa shape index (κ1) is 20.8. The number of methoxy groups -OCH3 is 1. The van der Waals surface area contributed by atoms with Crippen LogP contribution in [0.5, 0.6) is 0 Å². The Labute approximate surface area is 153 Å². The third-order valence-electron chi connectivity index (χ3n) is 4.18. The average molecular weight is 390 g/mol. The highest BCUT2D eigenvalue weighted by Gasteiger charge is 2.40. The number of ether oxygens (including phenoxy) is 1. The lowest BCUT2D eigenvalue weighted by Crippen LogP contribution is -2.45. The van der Waals surface area contributed by atoms with E-state index < -0.39 is 28.9 Å². The lowest BCUT2D eigenvalue weighted by Gasteiger charge is -2.19. The summed E-state index contributed by atoms with van der Waals surface area (Å²) in [5.41, 5.74) is -1.68. The van der Waals surface area contributed by atoms with Crippen LogP contribution in [0.1, 0.15) is 23.4 Å². The summed E-state index contributed by atoms with van der Waals surface area (Å²) in [6.45, 7) is 2.40. The van der Waals surface area contributed by atoms with Crippen LogP contribution in [0.4, 0.5) is 13.2 Å². The minimum atomic E-state index is -4.75. The van der Waals surface area contributed by atoms with Crippen LogP contribution in [0.2, 0.25) is 0 Å². The van der Waals surface area contributed by atoms with E-state index in [-0.39, 0.29) is 27.9 Å². The van der Waals surface area contributed by atoms with Crippen LogP contribution in [0.15, 0.2) is 9.59 Å². The Bertz CT molecular complexity index is 943. The normalized spacial score (nSPS) is 14.1. The van der Waals surface area contributed by atoms with E-state index in [2.05, 4.69) is 0 Å². The van der Waals surface area contributed by atoms with Gasteiger partial charge in [-0.2, -0.15) is 13.2 Å².